The van der Waals surface area contributed by atoms with Crippen LogP contribution in [-0.4, -0.2) is 42.9 Å². The third-order valence-corrected chi connectivity index (χ3v) is 4.48. The lowest BCUT2D eigenvalue weighted by atomic mass is 9.95. The summed E-state index contributed by atoms with van der Waals surface area (Å²) < 4.78 is 22.9. The topological polar surface area (TPSA) is 101 Å². The van der Waals surface area contributed by atoms with Crippen molar-refractivity contribution in [3.63, 3.8) is 0 Å². The molecule has 18 heavy (non-hydrogen) atoms. The highest BCUT2D eigenvalue weighted by molar-refractivity contribution is 7.92. The van der Waals surface area contributed by atoms with E-state index in [-0.39, 0.29) is 6.04 Å². The van der Waals surface area contributed by atoms with Gasteiger partial charge >= 0.3 is 5.97 Å². The molecule has 1 aliphatic rings. The molecular formula is C11H19NO5S. The Hall–Kier alpha value is -1.11. The molecule has 0 atom stereocenters. The molecule has 0 bridgehead atoms. The fraction of sp³-hybridized carbons (Fsp3) is 0.818. The summed E-state index contributed by atoms with van der Waals surface area (Å²) in [6.45, 7) is 0. The Morgan fingerprint density at radius 1 is 1.17 bits per heavy atom. The third-order valence-electron chi connectivity index (χ3n) is 2.95. The van der Waals surface area contributed by atoms with Crippen LogP contribution in [0.15, 0.2) is 0 Å². The molecule has 1 rings (SSSR count). The van der Waals surface area contributed by atoms with Gasteiger partial charge in [-0.1, -0.05) is 19.3 Å². The van der Waals surface area contributed by atoms with Crippen LogP contribution in [0.3, 0.4) is 0 Å². The van der Waals surface area contributed by atoms with Crippen LogP contribution in [0.5, 0.6) is 0 Å². The van der Waals surface area contributed by atoms with Crippen LogP contribution in [0.2, 0.25) is 0 Å². The van der Waals surface area contributed by atoms with Gasteiger partial charge in [-0.05, 0) is 12.8 Å². The number of sulfone groups is 1. The molecule has 0 aromatic carbocycles. The zero-order valence-electron chi connectivity index (χ0n) is 10.2. The lowest BCUT2D eigenvalue weighted by Crippen LogP contribution is -2.40. The summed E-state index contributed by atoms with van der Waals surface area (Å²) in [6, 6.07) is 0.0703. The molecule has 1 aliphatic carbocycles. The van der Waals surface area contributed by atoms with E-state index in [1.165, 1.54) is 0 Å². The summed E-state index contributed by atoms with van der Waals surface area (Å²) in [5.74, 6) is -2.80. The van der Waals surface area contributed by atoms with Gasteiger partial charge in [-0.3, -0.25) is 9.59 Å². The minimum atomic E-state index is -3.62. The number of aliphatic carboxylic acids is 1. The summed E-state index contributed by atoms with van der Waals surface area (Å²) >= 11 is 0. The van der Waals surface area contributed by atoms with Crippen molar-refractivity contribution in [3.8, 4) is 0 Å². The summed E-state index contributed by atoms with van der Waals surface area (Å²) in [6.07, 6.45) is 4.58. The van der Waals surface area contributed by atoms with Gasteiger partial charge in [0, 0.05) is 6.04 Å². The lowest BCUT2D eigenvalue weighted by molar-refractivity contribution is -0.136. The third kappa shape index (κ3) is 6.00. The average Bonchev–Trinajstić information content (AvgIpc) is 2.27. The Kier molecular flexibility index (Phi) is 5.58. The molecule has 0 aliphatic heterocycles. The molecule has 1 amide bonds. The normalized spacial score (nSPS) is 17.3. The van der Waals surface area contributed by atoms with E-state index in [1.54, 1.807) is 0 Å². The average molecular weight is 277 g/mol. The van der Waals surface area contributed by atoms with Gasteiger partial charge < -0.3 is 10.4 Å². The molecular weight excluding hydrogens is 258 g/mol. The monoisotopic (exact) mass is 277 g/mol. The van der Waals surface area contributed by atoms with Crippen LogP contribution in [0, 0.1) is 0 Å². The quantitative estimate of drug-likeness (QED) is 0.728. The maximum atomic E-state index is 11.5. The molecule has 0 spiro atoms. The van der Waals surface area contributed by atoms with Gasteiger partial charge in [0.15, 0.2) is 9.84 Å². The predicted molar refractivity (Wildman–Crippen MR) is 65.9 cm³/mol. The van der Waals surface area contributed by atoms with Crippen LogP contribution in [-0.2, 0) is 19.4 Å². The Balaban J connectivity index is 2.36. The van der Waals surface area contributed by atoms with Crippen LogP contribution in [0.1, 0.15) is 38.5 Å². The summed E-state index contributed by atoms with van der Waals surface area (Å²) in [5, 5.41) is 11.1. The number of carbonyl (C=O) groups is 2. The number of hydrogen-bond acceptors (Lipinski definition) is 4. The number of nitrogens with one attached hydrogen (secondary N) is 1. The first-order valence-electron chi connectivity index (χ1n) is 6.10. The van der Waals surface area contributed by atoms with Gasteiger partial charge in [0.1, 0.15) is 5.75 Å². The largest absolute Gasteiger partial charge is 0.481 e. The Bertz CT molecular complexity index is 398. The van der Waals surface area contributed by atoms with Gasteiger partial charge in [-0.2, -0.15) is 0 Å². The van der Waals surface area contributed by atoms with Crippen LogP contribution < -0.4 is 5.32 Å². The van der Waals surface area contributed by atoms with Crippen molar-refractivity contribution in [2.24, 2.45) is 0 Å². The number of hydrogen-bond donors (Lipinski definition) is 2. The lowest BCUT2D eigenvalue weighted by Gasteiger charge is -2.22. The van der Waals surface area contributed by atoms with Gasteiger partial charge in [0.05, 0.1) is 12.2 Å². The number of amides is 1. The van der Waals surface area contributed by atoms with Gasteiger partial charge in [-0.25, -0.2) is 8.42 Å². The number of carboxylic acid groups (broad SMARTS) is 1. The van der Waals surface area contributed by atoms with Crippen molar-refractivity contribution in [1.82, 2.24) is 5.32 Å². The molecule has 7 heteroatoms. The number of carbonyl (C=O) groups excluding carboxylic acids is 1. The SMILES string of the molecule is O=C(O)CCS(=O)(=O)CC(=O)NC1CCCCC1. The summed E-state index contributed by atoms with van der Waals surface area (Å²) in [5.41, 5.74) is 0. The first-order chi connectivity index (χ1) is 8.39. The fourth-order valence-electron chi connectivity index (χ4n) is 2.03. The number of carboxylic acids is 1. The van der Waals surface area contributed by atoms with E-state index >= 15 is 0 Å². The van der Waals surface area contributed by atoms with Crippen molar-refractivity contribution in [3.05, 3.63) is 0 Å². The molecule has 0 saturated heterocycles. The molecule has 0 heterocycles. The van der Waals surface area contributed by atoms with Gasteiger partial charge in [0.25, 0.3) is 0 Å². The molecule has 0 radical (unpaired) electrons. The molecule has 104 valence electrons. The second-order valence-corrected chi connectivity index (χ2v) is 6.82. The Morgan fingerprint density at radius 3 is 2.33 bits per heavy atom. The highest BCUT2D eigenvalue weighted by Crippen LogP contribution is 2.17. The second-order valence-electron chi connectivity index (χ2n) is 4.64. The van der Waals surface area contributed by atoms with E-state index in [0.29, 0.717) is 0 Å². The molecule has 2 N–H and O–H groups in total. The molecule has 6 nitrogen and oxygen atoms in total. The smallest absolute Gasteiger partial charge is 0.304 e. The molecule has 0 unspecified atom stereocenters. The molecule has 0 aromatic rings. The van der Waals surface area contributed by atoms with Crippen molar-refractivity contribution < 1.29 is 23.1 Å². The van der Waals surface area contributed by atoms with E-state index in [4.69, 9.17) is 5.11 Å². The van der Waals surface area contributed by atoms with E-state index in [9.17, 15) is 18.0 Å². The van der Waals surface area contributed by atoms with Crippen molar-refractivity contribution in [2.75, 3.05) is 11.5 Å². The van der Waals surface area contributed by atoms with E-state index in [1.807, 2.05) is 0 Å². The maximum absolute atomic E-state index is 11.5. The van der Waals surface area contributed by atoms with Crippen LogP contribution >= 0.6 is 0 Å². The zero-order chi connectivity index (χ0) is 13.6. The first-order valence-corrected chi connectivity index (χ1v) is 7.93. The van der Waals surface area contributed by atoms with Crippen molar-refractivity contribution in [1.29, 1.82) is 0 Å². The highest BCUT2D eigenvalue weighted by Gasteiger charge is 2.21. The van der Waals surface area contributed by atoms with Crippen molar-refractivity contribution in [2.45, 2.75) is 44.6 Å². The highest BCUT2D eigenvalue weighted by atomic mass is 32.2. The Labute approximate surface area is 107 Å². The first kappa shape index (κ1) is 14.9. The van der Waals surface area contributed by atoms with E-state index in [0.717, 1.165) is 32.1 Å². The fourth-order valence-corrected chi connectivity index (χ4v) is 3.14. The standard InChI is InChI=1S/C11H19NO5S/c13-10(12-9-4-2-1-3-5-9)8-18(16,17)7-6-11(14)15/h9H,1-8H2,(H,12,13)(H,14,15). The van der Waals surface area contributed by atoms with Gasteiger partial charge in [0.2, 0.25) is 5.91 Å². The Morgan fingerprint density at radius 2 is 1.78 bits per heavy atom. The van der Waals surface area contributed by atoms with Crippen molar-refractivity contribution >= 4 is 21.7 Å². The van der Waals surface area contributed by atoms with Crippen LogP contribution in [0.25, 0.3) is 0 Å². The maximum Gasteiger partial charge on any atom is 0.304 e. The summed E-state index contributed by atoms with van der Waals surface area (Å²) in [7, 11) is -3.62. The van der Waals surface area contributed by atoms with E-state index < -0.39 is 39.6 Å². The zero-order valence-corrected chi connectivity index (χ0v) is 11.0. The summed E-state index contributed by atoms with van der Waals surface area (Å²) in [4.78, 5) is 21.8. The minimum Gasteiger partial charge on any atom is -0.481 e. The van der Waals surface area contributed by atoms with Crippen LogP contribution in [0.4, 0.5) is 0 Å². The number of rotatable bonds is 6. The second kappa shape index (κ2) is 6.72. The van der Waals surface area contributed by atoms with E-state index in [2.05, 4.69) is 5.32 Å². The molecule has 1 saturated carbocycles. The molecule has 1 fully saturated rings. The predicted octanol–water partition coefficient (Wildman–Crippen LogP) is 0.325. The minimum absolute atomic E-state index is 0.0703. The van der Waals surface area contributed by atoms with Gasteiger partial charge in [-0.15, -0.1) is 0 Å². The molecule has 0 aromatic heterocycles.